The van der Waals surface area contributed by atoms with Gasteiger partial charge in [-0.1, -0.05) is 54.1 Å². The number of hydrazone groups is 1. The Kier molecular flexibility index (Phi) is 6.64. The highest BCUT2D eigenvalue weighted by molar-refractivity contribution is 7.89. The van der Waals surface area contributed by atoms with Gasteiger partial charge in [-0.25, -0.2) is 28.5 Å². The van der Waals surface area contributed by atoms with Crippen molar-refractivity contribution in [3.63, 3.8) is 0 Å². The van der Waals surface area contributed by atoms with E-state index < -0.39 is 21.6 Å². The summed E-state index contributed by atoms with van der Waals surface area (Å²) < 4.78 is 30.0. The summed E-state index contributed by atoms with van der Waals surface area (Å²) in [7, 11) is -3.87. The van der Waals surface area contributed by atoms with Crippen molar-refractivity contribution >= 4 is 44.7 Å². The van der Waals surface area contributed by atoms with Crippen molar-refractivity contribution in [2.45, 2.75) is 4.90 Å². The fraction of sp³-hybridized carbons (Fsp3) is 0. The van der Waals surface area contributed by atoms with Crippen molar-refractivity contribution in [2.24, 2.45) is 10.2 Å². The van der Waals surface area contributed by atoms with Crippen LogP contribution in [0, 0.1) is 0 Å². The second-order valence-corrected chi connectivity index (χ2v) is 9.98. The van der Waals surface area contributed by atoms with Crippen molar-refractivity contribution in [1.29, 1.82) is 0 Å². The van der Waals surface area contributed by atoms with Gasteiger partial charge in [-0.2, -0.15) is 10.2 Å². The molecule has 3 N–H and O–H groups in total. The molecule has 0 saturated carbocycles. The first-order valence-corrected chi connectivity index (χ1v) is 13.0. The Hall–Kier alpha value is -4.58. The van der Waals surface area contributed by atoms with Crippen LogP contribution in [-0.2, 0) is 10.0 Å². The number of rotatable bonds is 6. The number of hydrogen-bond donors (Lipinski definition) is 2. The summed E-state index contributed by atoms with van der Waals surface area (Å²) in [6, 6.07) is 23.3. The number of nitrogens with two attached hydrogens (primary N) is 1. The number of fused-ring (bicyclic) bond motifs is 1. The van der Waals surface area contributed by atoms with E-state index in [1.807, 2.05) is 30.3 Å². The third-order valence-corrected chi connectivity index (χ3v) is 6.90. The molecule has 12 heteroatoms. The van der Waals surface area contributed by atoms with Crippen LogP contribution in [0.15, 0.2) is 104 Å². The Morgan fingerprint density at radius 1 is 1.03 bits per heavy atom. The minimum atomic E-state index is -3.87. The third kappa shape index (κ3) is 4.98. The van der Waals surface area contributed by atoms with Gasteiger partial charge in [-0.15, -0.1) is 0 Å². The number of halogens is 1. The molecule has 3 aromatic carbocycles. The minimum Gasteiger partial charge on any atom is -0.422 e. The van der Waals surface area contributed by atoms with Gasteiger partial charge in [-0.05, 0) is 42.5 Å². The van der Waals surface area contributed by atoms with E-state index in [4.69, 9.17) is 21.2 Å². The van der Waals surface area contributed by atoms with Gasteiger partial charge in [0, 0.05) is 10.9 Å². The molecule has 5 aromatic rings. The van der Waals surface area contributed by atoms with Crippen LogP contribution < -0.4 is 16.2 Å². The zero-order valence-corrected chi connectivity index (χ0v) is 21.0. The number of carbonyl (C=O) groups excluding carboxylic acids is 1. The molecule has 0 spiro atoms. The molecular formula is C26H18ClN5O5S. The first kappa shape index (κ1) is 25.1. The molecule has 0 radical (unpaired) electrons. The first-order chi connectivity index (χ1) is 18.2. The Morgan fingerprint density at radius 2 is 1.71 bits per heavy atom. The molecular weight excluding hydrogens is 530 g/mol. The molecule has 5 rings (SSSR count). The molecule has 1 amide bonds. The lowest BCUT2D eigenvalue weighted by molar-refractivity contribution is 0.0949. The zero-order chi connectivity index (χ0) is 26.9. The molecule has 190 valence electrons. The number of aromatic nitrogens is 2. The summed E-state index contributed by atoms with van der Waals surface area (Å²) in [6.45, 7) is 0. The number of benzene rings is 3. The fourth-order valence-electron chi connectivity index (χ4n) is 3.73. The molecule has 2 aromatic heterocycles. The Bertz CT molecular complexity index is 1860. The van der Waals surface area contributed by atoms with Crippen LogP contribution in [0.5, 0.6) is 0 Å². The van der Waals surface area contributed by atoms with Gasteiger partial charge in [0.2, 0.25) is 10.0 Å². The first-order valence-electron chi connectivity index (χ1n) is 11.1. The van der Waals surface area contributed by atoms with E-state index in [1.54, 1.807) is 30.3 Å². The largest absolute Gasteiger partial charge is 0.422 e. The number of para-hydroxylation sites is 1. The number of hydrogen-bond acceptors (Lipinski definition) is 7. The quantitative estimate of drug-likeness (QED) is 0.188. The normalized spacial score (nSPS) is 11.7. The second-order valence-electron chi connectivity index (χ2n) is 8.04. The molecule has 38 heavy (non-hydrogen) atoms. The van der Waals surface area contributed by atoms with Gasteiger partial charge in [-0.3, -0.25) is 4.79 Å². The smallest absolute Gasteiger partial charge is 0.346 e. The molecule has 2 heterocycles. The standard InChI is InChI=1S/C26H18ClN5O5S/c27-24-19-8-4-5-9-23(19)37-26(34)20(24)15-29-30-25(33)21-14-22(16-6-2-1-3-7-16)32(31-21)17-10-12-18(13-11-17)38(28,35)36/h1-15H,(H,30,33)(H2,28,35,36)/b29-15+. The van der Waals surface area contributed by atoms with Crippen molar-refractivity contribution in [2.75, 3.05) is 0 Å². The number of sulfonamides is 1. The Labute approximate surface area is 221 Å². The van der Waals surface area contributed by atoms with Crippen molar-refractivity contribution in [1.82, 2.24) is 15.2 Å². The lowest BCUT2D eigenvalue weighted by atomic mass is 10.1. The van der Waals surface area contributed by atoms with Crippen molar-refractivity contribution < 1.29 is 17.6 Å². The maximum absolute atomic E-state index is 12.9. The van der Waals surface area contributed by atoms with Gasteiger partial charge in [0.1, 0.15) is 5.58 Å². The number of carbonyl (C=O) groups is 1. The van der Waals surface area contributed by atoms with Gasteiger partial charge in [0.15, 0.2) is 5.69 Å². The summed E-state index contributed by atoms with van der Waals surface area (Å²) in [6.07, 6.45) is 1.11. The lowest BCUT2D eigenvalue weighted by Gasteiger charge is -2.08. The van der Waals surface area contributed by atoms with Crippen LogP contribution in [0.1, 0.15) is 16.1 Å². The molecule has 0 unspecified atom stereocenters. The van der Waals surface area contributed by atoms with E-state index in [0.717, 1.165) is 11.8 Å². The van der Waals surface area contributed by atoms with Crippen LogP contribution in [0.4, 0.5) is 0 Å². The predicted molar refractivity (Wildman–Crippen MR) is 143 cm³/mol. The monoisotopic (exact) mass is 547 g/mol. The number of nitrogens with one attached hydrogen (secondary N) is 1. The highest BCUT2D eigenvalue weighted by Gasteiger charge is 2.18. The molecule has 0 saturated heterocycles. The maximum Gasteiger partial charge on any atom is 0.346 e. The number of primary sulfonamides is 1. The molecule has 0 aliphatic carbocycles. The third-order valence-electron chi connectivity index (χ3n) is 5.56. The summed E-state index contributed by atoms with van der Waals surface area (Å²) in [5.41, 5.74) is 3.81. The molecule has 0 fully saturated rings. The summed E-state index contributed by atoms with van der Waals surface area (Å²) in [5, 5.41) is 14.1. The van der Waals surface area contributed by atoms with Crippen molar-refractivity contribution in [3.8, 4) is 16.9 Å². The van der Waals surface area contributed by atoms with Crippen LogP contribution in [0.3, 0.4) is 0 Å². The SMILES string of the molecule is NS(=O)(=O)c1ccc(-n2nc(C(=O)N/N=C/c3c(Cl)c4ccccc4oc3=O)cc2-c2ccccc2)cc1. The molecule has 0 atom stereocenters. The van der Waals surface area contributed by atoms with E-state index >= 15 is 0 Å². The van der Waals surface area contributed by atoms with E-state index in [-0.39, 0.29) is 21.2 Å². The topological polar surface area (TPSA) is 150 Å². The summed E-state index contributed by atoms with van der Waals surface area (Å²) >= 11 is 6.35. The van der Waals surface area contributed by atoms with Gasteiger partial charge in [0.25, 0.3) is 5.91 Å². The van der Waals surface area contributed by atoms with Gasteiger partial charge in [0.05, 0.1) is 33.1 Å². The summed E-state index contributed by atoms with van der Waals surface area (Å²) in [5.74, 6) is -0.653. The average Bonchev–Trinajstić information content (AvgIpc) is 3.36. The molecule has 0 aliphatic rings. The zero-order valence-electron chi connectivity index (χ0n) is 19.4. The minimum absolute atomic E-state index is 0.0175. The average molecular weight is 548 g/mol. The molecule has 0 aliphatic heterocycles. The highest BCUT2D eigenvalue weighted by Crippen LogP contribution is 2.25. The highest BCUT2D eigenvalue weighted by atomic mass is 35.5. The fourth-order valence-corrected chi connectivity index (χ4v) is 4.53. The summed E-state index contributed by atoms with van der Waals surface area (Å²) in [4.78, 5) is 25.2. The maximum atomic E-state index is 12.9. The van der Waals surface area contributed by atoms with Crippen LogP contribution in [-0.4, -0.2) is 30.3 Å². The molecule has 10 nitrogen and oxygen atoms in total. The van der Waals surface area contributed by atoms with Gasteiger partial charge < -0.3 is 4.42 Å². The number of amides is 1. The van der Waals surface area contributed by atoms with E-state index in [2.05, 4.69) is 15.6 Å². The van der Waals surface area contributed by atoms with E-state index in [0.29, 0.717) is 22.4 Å². The van der Waals surface area contributed by atoms with E-state index in [9.17, 15) is 18.0 Å². The van der Waals surface area contributed by atoms with Crippen LogP contribution >= 0.6 is 11.6 Å². The number of nitrogens with zero attached hydrogens (tertiary/aromatic N) is 3. The predicted octanol–water partition coefficient (Wildman–Crippen LogP) is 3.71. The Balaban J connectivity index is 1.46. The Morgan fingerprint density at radius 3 is 2.42 bits per heavy atom. The lowest BCUT2D eigenvalue weighted by Crippen LogP contribution is -2.19. The van der Waals surface area contributed by atoms with Crippen molar-refractivity contribution in [3.05, 3.63) is 112 Å². The van der Waals surface area contributed by atoms with E-state index in [1.165, 1.54) is 28.9 Å². The molecule has 0 bridgehead atoms. The second kappa shape index (κ2) is 10.1. The van der Waals surface area contributed by atoms with Crippen LogP contribution in [0.2, 0.25) is 5.02 Å². The van der Waals surface area contributed by atoms with Crippen LogP contribution in [0.25, 0.3) is 27.9 Å². The van der Waals surface area contributed by atoms with Gasteiger partial charge >= 0.3 is 5.63 Å².